The van der Waals surface area contributed by atoms with E-state index >= 15 is 0 Å². The van der Waals surface area contributed by atoms with Crippen LogP contribution in [-0.2, 0) is 15.6 Å². The molecule has 1 aromatic carbocycles. The van der Waals surface area contributed by atoms with Gasteiger partial charge in [0, 0.05) is 6.20 Å². The van der Waals surface area contributed by atoms with Crippen molar-refractivity contribution in [1.29, 1.82) is 0 Å². The third-order valence-corrected chi connectivity index (χ3v) is 6.90. The Morgan fingerprint density at radius 2 is 1.71 bits per heavy atom. The lowest BCUT2D eigenvalue weighted by Crippen LogP contribution is -2.43. The molecule has 28 heavy (non-hydrogen) atoms. The molecule has 2 aliphatic rings. The van der Waals surface area contributed by atoms with Crippen molar-refractivity contribution in [2.45, 2.75) is 77.2 Å². The predicted octanol–water partition coefficient (Wildman–Crippen LogP) is 5.63. The quantitative estimate of drug-likeness (QED) is 0.712. The third kappa shape index (κ3) is 3.21. The number of carboxylic acids is 1. The lowest BCUT2D eigenvalue weighted by Gasteiger charge is -2.43. The molecular weight excluding hydrogens is 346 g/mol. The molecule has 1 heterocycles. The first-order valence-corrected chi connectivity index (χ1v) is 10.2. The van der Waals surface area contributed by atoms with Crippen LogP contribution in [-0.4, -0.2) is 16.6 Å². The first kappa shape index (κ1) is 20.4. The molecule has 0 saturated heterocycles. The van der Waals surface area contributed by atoms with E-state index in [0.717, 1.165) is 17.6 Å². The molecule has 1 aliphatic heterocycles. The summed E-state index contributed by atoms with van der Waals surface area (Å²) in [6.45, 7) is 18.1. The summed E-state index contributed by atoms with van der Waals surface area (Å²) in [6.07, 6.45) is 8.39. The standard InChI is InChI=1S/C25H33NO2/c1-8-25(10-9-18(15-26-25)22(27)28)17(3)19-14-21-20(13-16(19)2)23(4,5)11-12-24(21,6)7/h9-10,13-15,26H,3,8,11-12H2,1-2,4-7H3,(H,27,28). The van der Waals surface area contributed by atoms with Crippen molar-refractivity contribution in [2.75, 3.05) is 0 Å². The van der Waals surface area contributed by atoms with E-state index in [1.165, 1.54) is 29.5 Å². The van der Waals surface area contributed by atoms with Gasteiger partial charge in [0.25, 0.3) is 0 Å². The number of benzene rings is 1. The predicted molar refractivity (Wildman–Crippen MR) is 117 cm³/mol. The van der Waals surface area contributed by atoms with E-state index in [1.807, 2.05) is 6.08 Å². The normalized spacial score (nSPS) is 24.7. The summed E-state index contributed by atoms with van der Waals surface area (Å²) in [7, 11) is 0. The highest BCUT2D eigenvalue weighted by molar-refractivity contribution is 5.91. The number of dihydropyridines is 1. The van der Waals surface area contributed by atoms with Crippen molar-refractivity contribution in [3.63, 3.8) is 0 Å². The molecule has 2 N–H and O–H groups in total. The lowest BCUT2D eigenvalue weighted by atomic mass is 9.62. The van der Waals surface area contributed by atoms with E-state index in [-0.39, 0.29) is 16.4 Å². The van der Waals surface area contributed by atoms with E-state index in [1.54, 1.807) is 12.3 Å². The molecule has 1 aromatic rings. The van der Waals surface area contributed by atoms with Crippen LogP contribution in [0.3, 0.4) is 0 Å². The van der Waals surface area contributed by atoms with Crippen molar-refractivity contribution in [3.05, 3.63) is 64.9 Å². The zero-order valence-electron chi connectivity index (χ0n) is 18.1. The van der Waals surface area contributed by atoms with Gasteiger partial charge in [0.1, 0.15) is 0 Å². The number of fused-ring (bicyclic) bond motifs is 1. The minimum Gasteiger partial charge on any atom is -0.478 e. The molecule has 1 aliphatic carbocycles. The largest absolute Gasteiger partial charge is 0.478 e. The first-order chi connectivity index (χ1) is 12.9. The maximum atomic E-state index is 11.3. The summed E-state index contributed by atoms with van der Waals surface area (Å²) < 4.78 is 0. The number of hydrogen-bond acceptors (Lipinski definition) is 2. The third-order valence-electron chi connectivity index (χ3n) is 6.90. The number of rotatable bonds is 4. The number of carboxylic acid groups (broad SMARTS) is 1. The second-order valence-electron chi connectivity index (χ2n) is 9.67. The van der Waals surface area contributed by atoms with Crippen LogP contribution in [0, 0.1) is 6.92 Å². The van der Waals surface area contributed by atoms with Crippen molar-refractivity contribution >= 4 is 11.5 Å². The summed E-state index contributed by atoms with van der Waals surface area (Å²) in [5.74, 6) is -0.923. The van der Waals surface area contributed by atoms with Crippen LogP contribution in [0.25, 0.3) is 5.57 Å². The van der Waals surface area contributed by atoms with Crippen molar-refractivity contribution in [2.24, 2.45) is 0 Å². The summed E-state index contributed by atoms with van der Waals surface area (Å²) in [6, 6.07) is 4.70. The maximum absolute atomic E-state index is 11.3. The van der Waals surface area contributed by atoms with Crippen LogP contribution in [0.1, 0.15) is 76.1 Å². The molecule has 150 valence electrons. The Labute approximate surface area is 169 Å². The smallest absolute Gasteiger partial charge is 0.337 e. The Morgan fingerprint density at radius 1 is 1.14 bits per heavy atom. The minimum atomic E-state index is -0.923. The van der Waals surface area contributed by atoms with Crippen LogP contribution in [0.15, 0.2) is 42.6 Å². The van der Waals surface area contributed by atoms with E-state index < -0.39 is 11.5 Å². The summed E-state index contributed by atoms with van der Waals surface area (Å²) in [5, 5.41) is 12.6. The molecule has 0 spiro atoms. The van der Waals surface area contributed by atoms with E-state index in [9.17, 15) is 9.90 Å². The molecule has 3 rings (SSSR count). The Bertz CT molecular complexity index is 901. The molecule has 0 radical (unpaired) electrons. The van der Waals surface area contributed by atoms with Crippen LogP contribution >= 0.6 is 0 Å². The van der Waals surface area contributed by atoms with Crippen LogP contribution < -0.4 is 5.32 Å². The number of aliphatic carboxylic acids is 1. The fourth-order valence-corrected chi connectivity index (χ4v) is 4.58. The first-order valence-electron chi connectivity index (χ1n) is 10.2. The van der Waals surface area contributed by atoms with Gasteiger partial charge in [-0.25, -0.2) is 4.79 Å². The highest BCUT2D eigenvalue weighted by Crippen LogP contribution is 2.48. The zero-order chi connectivity index (χ0) is 20.9. The van der Waals surface area contributed by atoms with Gasteiger partial charge >= 0.3 is 5.97 Å². The lowest BCUT2D eigenvalue weighted by molar-refractivity contribution is -0.132. The van der Waals surface area contributed by atoms with Gasteiger partial charge in [-0.1, -0.05) is 59.4 Å². The molecule has 1 atom stereocenters. The van der Waals surface area contributed by atoms with Crippen LogP contribution in [0.5, 0.6) is 0 Å². The number of carbonyl (C=O) groups is 1. The van der Waals surface area contributed by atoms with Gasteiger partial charge in [-0.05, 0) is 70.9 Å². The number of hydrogen-bond donors (Lipinski definition) is 2. The monoisotopic (exact) mass is 379 g/mol. The maximum Gasteiger partial charge on any atom is 0.337 e. The average molecular weight is 380 g/mol. The summed E-state index contributed by atoms with van der Waals surface area (Å²) in [4.78, 5) is 11.3. The summed E-state index contributed by atoms with van der Waals surface area (Å²) >= 11 is 0. The number of aryl methyl sites for hydroxylation is 1. The molecule has 0 saturated carbocycles. The second-order valence-corrected chi connectivity index (χ2v) is 9.67. The Morgan fingerprint density at radius 3 is 2.18 bits per heavy atom. The van der Waals surface area contributed by atoms with Gasteiger partial charge in [0.05, 0.1) is 11.1 Å². The van der Waals surface area contributed by atoms with Gasteiger partial charge in [-0.2, -0.15) is 0 Å². The summed E-state index contributed by atoms with van der Waals surface area (Å²) in [5.41, 5.74) is 6.36. The number of nitrogens with one attached hydrogen (secondary N) is 1. The Balaban J connectivity index is 2.08. The highest BCUT2D eigenvalue weighted by Gasteiger charge is 2.39. The van der Waals surface area contributed by atoms with E-state index in [0.29, 0.717) is 0 Å². The molecule has 0 aromatic heterocycles. The van der Waals surface area contributed by atoms with Crippen LogP contribution in [0.2, 0.25) is 0 Å². The average Bonchev–Trinajstić information content (AvgIpc) is 2.64. The van der Waals surface area contributed by atoms with Crippen LogP contribution in [0.4, 0.5) is 0 Å². The van der Waals surface area contributed by atoms with Crippen molar-refractivity contribution in [3.8, 4) is 0 Å². The van der Waals surface area contributed by atoms with Crippen molar-refractivity contribution in [1.82, 2.24) is 5.32 Å². The van der Waals surface area contributed by atoms with Gasteiger partial charge < -0.3 is 10.4 Å². The minimum absolute atomic E-state index is 0.138. The van der Waals surface area contributed by atoms with E-state index in [2.05, 4.69) is 65.6 Å². The fraction of sp³-hybridized carbons (Fsp3) is 0.480. The SMILES string of the molecule is C=C(c1cc2c(cc1C)C(C)(C)CCC2(C)C)C1(CC)C=CC(C(=O)O)=CN1. The topological polar surface area (TPSA) is 49.3 Å². The Hall–Kier alpha value is -2.29. The van der Waals surface area contributed by atoms with Gasteiger partial charge in [-0.3, -0.25) is 0 Å². The molecule has 0 amide bonds. The van der Waals surface area contributed by atoms with Gasteiger partial charge in [-0.15, -0.1) is 0 Å². The zero-order valence-corrected chi connectivity index (χ0v) is 18.1. The van der Waals surface area contributed by atoms with E-state index in [4.69, 9.17) is 0 Å². The molecule has 3 heteroatoms. The molecular formula is C25H33NO2. The fourth-order valence-electron chi connectivity index (χ4n) is 4.58. The van der Waals surface area contributed by atoms with Crippen molar-refractivity contribution < 1.29 is 9.90 Å². The molecule has 0 fully saturated rings. The molecule has 3 nitrogen and oxygen atoms in total. The highest BCUT2D eigenvalue weighted by atomic mass is 16.4. The molecule has 1 unspecified atom stereocenters. The second kappa shape index (κ2) is 6.65. The van der Waals surface area contributed by atoms with Gasteiger partial charge in [0.2, 0.25) is 0 Å². The molecule has 0 bridgehead atoms. The van der Waals surface area contributed by atoms with Gasteiger partial charge in [0.15, 0.2) is 0 Å². The Kier molecular flexibility index (Phi) is 4.85.